The average molecular weight is 167 g/mol. The number of hydrogen-bond donors (Lipinski definition) is 1. The fourth-order valence-electron chi connectivity index (χ4n) is 1.00. The number of carbonyl (C=O) groups is 1. The highest BCUT2D eigenvalue weighted by molar-refractivity contribution is 5.74. The van der Waals surface area contributed by atoms with Crippen LogP contribution in [0.3, 0.4) is 0 Å². The van der Waals surface area contributed by atoms with E-state index in [4.69, 9.17) is 5.73 Å². The minimum absolute atomic E-state index is 0.323. The Morgan fingerprint density at radius 3 is 2.50 bits per heavy atom. The molecule has 0 saturated carbocycles. The summed E-state index contributed by atoms with van der Waals surface area (Å²) in [4.78, 5) is 10.8. The van der Waals surface area contributed by atoms with Crippen LogP contribution in [-0.4, -0.2) is 15.8 Å². The molecule has 1 aromatic rings. The molecule has 0 aliphatic carbocycles. The second-order valence-corrected chi connectivity index (χ2v) is 3.12. The number of aryl methyl sites for hydroxylation is 1. The van der Waals surface area contributed by atoms with Gasteiger partial charge >= 0.3 is 6.03 Å². The fraction of sp³-hybridized carbons (Fsp3) is 0.500. The van der Waals surface area contributed by atoms with Gasteiger partial charge in [-0.15, -0.1) is 0 Å². The number of primary amides is 1. The molecule has 0 aliphatic heterocycles. The first-order valence-electron chi connectivity index (χ1n) is 3.88. The van der Waals surface area contributed by atoms with Crippen LogP contribution in [0.2, 0.25) is 0 Å². The molecule has 0 saturated heterocycles. The predicted octanol–water partition coefficient (Wildman–Crippen LogP) is 1.24. The highest BCUT2D eigenvalue weighted by Crippen LogP contribution is 2.13. The summed E-state index contributed by atoms with van der Waals surface area (Å²) in [5, 5.41) is 4.05. The standard InChI is InChI=1S/C8H13N3O/c1-5(2)7-4-6(3)11(10-7)8(9)12/h4-5H,1-3H3,(H2,9,12). The van der Waals surface area contributed by atoms with E-state index in [1.54, 1.807) is 0 Å². The van der Waals surface area contributed by atoms with Gasteiger partial charge in [-0.25, -0.2) is 4.79 Å². The van der Waals surface area contributed by atoms with Gasteiger partial charge in [0.25, 0.3) is 0 Å². The number of hydrogen-bond acceptors (Lipinski definition) is 2. The number of rotatable bonds is 1. The Morgan fingerprint density at radius 1 is 1.67 bits per heavy atom. The van der Waals surface area contributed by atoms with Crippen LogP contribution in [0, 0.1) is 6.92 Å². The molecule has 0 radical (unpaired) electrons. The number of carbonyl (C=O) groups excluding carboxylic acids is 1. The summed E-state index contributed by atoms with van der Waals surface area (Å²) < 4.78 is 1.22. The smallest absolute Gasteiger partial charge is 0.339 e. The highest BCUT2D eigenvalue weighted by Gasteiger charge is 2.09. The Kier molecular flexibility index (Phi) is 2.17. The zero-order valence-electron chi connectivity index (χ0n) is 7.53. The Bertz CT molecular complexity index is 301. The van der Waals surface area contributed by atoms with Crippen LogP contribution < -0.4 is 5.73 Å². The molecule has 0 bridgehead atoms. The topological polar surface area (TPSA) is 60.9 Å². The molecule has 0 aliphatic rings. The highest BCUT2D eigenvalue weighted by atomic mass is 16.2. The SMILES string of the molecule is Cc1cc(C(C)C)nn1C(N)=O. The molecule has 4 heteroatoms. The summed E-state index contributed by atoms with van der Waals surface area (Å²) in [6.45, 7) is 5.85. The Morgan fingerprint density at radius 2 is 2.25 bits per heavy atom. The molecule has 1 heterocycles. The number of amides is 1. The lowest BCUT2D eigenvalue weighted by molar-refractivity contribution is 0.247. The van der Waals surface area contributed by atoms with Crippen molar-refractivity contribution < 1.29 is 4.79 Å². The van der Waals surface area contributed by atoms with E-state index in [0.29, 0.717) is 5.92 Å². The van der Waals surface area contributed by atoms with Crippen molar-refractivity contribution in [3.63, 3.8) is 0 Å². The third-order valence-corrected chi connectivity index (χ3v) is 1.71. The van der Waals surface area contributed by atoms with E-state index in [-0.39, 0.29) is 0 Å². The summed E-state index contributed by atoms with van der Waals surface area (Å²) >= 11 is 0. The summed E-state index contributed by atoms with van der Waals surface area (Å²) in [6.07, 6.45) is 0. The monoisotopic (exact) mass is 167 g/mol. The number of aromatic nitrogens is 2. The van der Waals surface area contributed by atoms with Crippen molar-refractivity contribution in [2.24, 2.45) is 5.73 Å². The zero-order valence-corrected chi connectivity index (χ0v) is 7.53. The fourth-order valence-corrected chi connectivity index (χ4v) is 1.00. The van der Waals surface area contributed by atoms with E-state index in [0.717, 1.165) is 11.4 Å². The molecule has 0 fully saturated rings. The molecule has 12 heavy (non-hydrogen) atoms. The van der Waals surface area contributed by atoms with Gasteiger partial charge in [0.2, 0.25) is 0 Å². The lowest BCUT2D eigenvalue weighted by Gasteiger charge is -1.97. The Labute approximate surface area is 71.4 Å². The Hall–Kier alpha value is -1.32. The molecule has 0 spiro atoms. The summed E-state index contributed by atoms with van der Waals surface area (Å²) in [5.41, 5.74) is 6.77. The van der Waals surface area contributed by atoms with Crippen LogP contribution >= 0.6 is 0 Å². The maximum absolute atomic E-state index is 10.8. The van der Waals surface area contributed by atoms with Crippen molar-refractivity contribution >= 4 is 6.03 Å². The van der Waals surface area contributed by atoms with E-state index in [1.165, 1.54) is 4.68 Å². The normalized spacial score (nSPS) is 10.7. The van der Waals surface area contributed by atoms with Gasteiger partial charge in [0.1, 0.15) is 0 Å². The minimum Gasteiger partial charge on any atom is -0.350 e. The molecule has 4 nitrogen and oxygen atoms in total. The predicted molar refractivity (Wildman–Crippen MR) is 46.0 cm³/mol. The van der Waals surface area contributed by atoms with Crippen molar-refractivity contribution in [2.75, 3.05) is 0 Å². The van der Waals surface area contributed by atoms with Crippen LogP contribution in [0.15, 0.2) is 6.07 Å². The molecule has 0 unspecified atom stereocenters. The lowest BCUT2D eigenvalue weighted by atomic mass is 10.1. The van der Waals surface area contributed by atoms with E-state index >= 15 is 0 Å². The lowest BCUT2D eigenvalue weighted by Crippen LogP contribution is -2.22. The number of nitrogens with two attached hydrogens (primary N) is 1. The Balaban J connectivity index is 3.09. The van der Waals surface area contributed by atoms with Crippen molar-refractivity contribution in [2.45, 2.75) is 26.7 Å². The van der Waals surface area contributed by atoms with E-state index < -0.39 is 6.03 Å². The molecular weight excluding hydrogens is 154 g/mol. The third kappa shape index (κ3) is 1.47. The third-order valence-electron chi connectivity index (χ3n) is 1.71. The molecule has 2 N–H and O–H groups in total. The first-order chi connectivity index (χ1) is 5.52. The summed E-state index contributed by atoms with van der Waals surface area (Å²) in [5.74, 6) is 0.323. The van der Waals surface area contributed by atoms with Gasteiger partial charge in [0.15, 0.2) is 0 Å². The zero-order chi connectivity index (χ0) is 9.30. The molecule has 1 aromatic heterocycles. The van der Waals surface area contributed by atoms with E-state index in [1.807, 2.05) is 26.8 Å². The van der Waals surface area contributed by atoms with Crippen LogP contribution in [0.1, 0.15) is 31.2 Å². The van der Waals surface area contributed by atoms with Crippen molar-refractivity contribution in [1.82, 2.24) is 9.78 Å². The van der Waals surface area contributed by atoms with Gasteiger partial charge in [0.05, 0.1) is 5.69 Å². The molecule has 0 atom stereocenters. The molecule has 1 rings (SSSR count). The van der Waals surface area contributed by atoms with Gasteiger partial charge in [-0.1, -0.05) is 13.8 Å². The van der Waals surface area contributed by atoms with Gasteiger partial charge < -0.3 is 5.73 Å². The van der Waals surface area contributed by atoms with Crippen molar-refractivity contribution in [1.29, 1.82) is 0 Å². The van der Waals surface area contributed by atoms with Crippen LogP contribution in [0.4, 0.5) is 4.79 Å². The second kappa shape index (κ2) is 2.97. The van der Waals surface area contributed by atoms with Gasteiger partial charge in [-0.2, -0.15) is 9.78 Å². The van der Waals surface area contributed by atoms with Crippen LogP contribution in [0.25, 0.3) is 0 Å². The molecule has 66 valence electrons. The number of nitrogens with zero attached hydrogens (tertiary/aromatic N) is 2. The minimum atomic E-state index is -0.528. The average Bonchev–Trinajstić information content (AvgIpc) is 2.30. The maximum atomic E-state index is 10.8. The molecule has 0 aromatic carbocycles. The van der Waals surface area contributed by atoms with Crippen molar-refractivity contribution in [3.05, 3.63) is 17.5 Å². The quantitative estimate of drug-likeness (QED) is 0.684. The molecular formula is C8H13N3O. The van der Waals surface area contributed by atoms with Gasteiger partial charge in [-0.05, 0) is 18.9 Å². The van der Waals surface area contributed by atoms with Gasteiger partial charge in [-0.3, -0.25) is 0 Å². The van der Waals surface area contributed by atoms with E-state index in [2.05, 4.69) is 5.10 Å². The molecule has 1 amide bonds. The summed E-state index contributed by atoms with van der Waals surface area (Å²) in [6, 6.07) is 1.34. The second-order valence-electron chi connectivity index (χ2n) is 3.12. The van der Waals surface area contributed by atoms with Crippen LogP contribution in [0.5, 0.6) is 0 Å². The van der Waals surface area contributed by atoms with Crippen LogP contribution in [-0.2, 0) is 0 Å². The largest absolute Gasteiger partial charge is 0.350 e. The van der Waals surface area contributed by atoms with Gasteiger partial charge in [0, 0.05) is 5.69 Å². The summed E-state index contributed by atoms with van der Waals surface area (Å²) in [7, 11) is 0. The van der Waals surface area contributed by atoms with Crippen molar-refractivity contribution in [3.8, 4) is 0 Å². The first-order valence-corrected chi connectivity index (χ1v) is 3.88. The van der Waals surface area contributed by atoms with E-state index in [9.17, 15) is 4.79 Å². The first kappa shape index (κ1) is 8.77. The maximum Gasteiger partial charge on any atom is 0.339 e.